The van der Waals surface area contributed by atoms with Crippen LogP contribution in [0.3, 0.4) is 0 Å². The average Bonchev–Trinajstić information content (AvgIpc) is 3.67. The van der Waals surface area contributed by atoms with Crippen molar-refractivity contribution in [3.63, 3.8) is 0 Å². The Labute approximate surface area is 295 Å². The Hall–Kier alpha value is -6.71. The van der Waals surface area contributed by atoms with Gasteiger partial charge in [0.15, 0.2) is 17.5 Å². The molecule has 0 bridgehead atoms. The Bertz CT molecular complexity index is 2820. The van der Waals surface area contributed by atoms with Crippen LogP contribution in [-0.4, -0.2) is 15.0 Å². The van der Waals surface area contributed by atoms with Crippen LogP contribution in [0.4, 0.5) is 0 Å². The number of aromatic nitrogens is 3. The summed E-state index contributed by atoms with van der Waals surface area (Å²) >= 11 is 0. The average molecular weight is 648 g/mol. The molecule has 0 saturated carbocycles. The second-order valence-corrected chi connectivity index (χ2v) is 13.5. The topological polar surface area (TPSA) is 38.7 Å². The molecule has 2 aliphatic rings. The second kappa shape index (κ2) is 10.6. The van der Waals surface area contributed by atoms with Crippen molar-refractivity contribution in [1.29, 1.82) is 0 Å². The highest BCUT2D eigenvalue weighted by Gasteiger charge is 2.51. The lowest BCUT2D eigenvalue weighted by Crippen LogP contribution is -2.25. The number of nitrogens with zero attached hydrogens (tertiary/aromatic N) is 3. The van der Waals surface area contributed by atoms with Gasteiger partial charge in [0.1, 0.15) is 0 Å². The molecule has 0 N–H and O–H groups in total. The maximum Gasteiger partial charge on any atom is 0.164 e. The van der Waals surface area contributed by atoms with Gasteiger partial charge in [0.05, 0.1) is 5.41 Å². The van der Waals surface area contributed by atoms with E-state index in [0.29, 0.717) is 17.5 Å². The molecule has 0 amide bonds. The van der Waals surface area contributed by atoms with E-state index in [1.54, 1.807) is 0 Å². The van der Waals surface area contributed by atoms with E-state index in [1.165, 1.54) is 49.9 Å². The van der Waals surface area contributed by atoms with Gasteiger partial charge in [-0.1, -0.05) is 164 Å². The van der Waals surface area contributed by atoms with Crippen LogP contribution < -0.4 is 0 Å². The Morgan fingerprint density at radius 1 is 0.294 bits per heavy atom. The van der Waals surface area contributed by atoms with Gasteiger partial charge in [-0.15, -0.1) is 0 Å². The Morgan fingerprint density at radius 3 is 1.45 bits per heavy atom. The molecule has 1 aromatic heterocycles. The first-order valence-corrected chi connectivity index (χ1v) is 17.4. The van der Waals surface area contributed by atoms with Crippen molar-refractivity contribution in [2.24, 2.45) is 0 Å². The summed E-state index contributed by atoms with van der Waals surface area (Å²) < 4.78 is 0. The van der Waals surface area contributed by atoms with E-state index in [1.807, 2.05) is 0 Å². The van der Waals surface area contributed by atoms with E-state index >= 15 is 0 Å². The zero-order valence-corrected chi connectivity index (χ0v) is 27.6. The molecule has 1 heterocycles. The third-order valence-corrected chi connectivity index (χ3v) is 10.9. The monoisotopic (exact) mass is 647 g/mol. The van der Waals surface area contributed by atoms with Gasteiger partial charge in [0, 0.05) is 16.7 Å². The minimum Gasteiger partial charge on any atom is -0.208 e. The molecule has 3 heteroatoms. The van der Waals surface area contributed by atoms with Gasteiger partial charge in [-0.05, 0) is 78.2 Å². The van der Waals surface area contributed by atoms with Crippen LogP contribution in [0.5, 0.6) is 0 Å². The van der Waals surface area contributed by atoms with Gasteiger partial charge < -0.3 is 0 Å². The van der Waals surface area contributed by atoms with Gasteiger partial charge in [-0.3, -0.25) is 0 Å². The third kappa shape index (κ3) is 3.97. The van der Waals surface area contributed by atoms with Crippen molar-refractivity contribution < 1.29 is 0 Å². The first-order valence-electron chi connectivity index (χ1n) is 17.4. The summed E-state index contributed by atoms with van der Waals surface area (Å²) in [4.78, 5) is 15.7. The summed E-state index contributed by atoms with van der Waals surface area (Å²) in [6.45, 7) is 0. The van der Waals surface area contributed by atoms with Crippen LogP contribution in [-0.2, 0) is 5.41 Å². The molecule has 0 radical (unpaired) electrons. The lowest BCUT2D eigenvalue weighted by molar-refractivity contribution is 0.794. The highest BCUT2D eigenvalue weighted by atomic mass is 15.0. The third-order valence-electron chi connectivity index (χ3n) is 10.9. The number of hydrogen-bond donors (Lipinski definition) is 0. The zero-order chi connectivity index (χ0) is 33.5. The predicted octanol–water partition coefficient (Wildman–Crippen LogP) is 11.5. The molecule has 0 atom stereocenters. The molecule has 11 rings (SSSR count). The van der Waals surface area contributed by atoms with Crippen LogP contribution >= 0.6 is 0 Å². The van der Waals surface area contributed by atoms with Crippen LogP contribution in [0.1, 0.15) is 22.3 Å². The standard InChI is InChI=1S/C48H29N3/c1-2-14-32-28-33(25-24-30(32)12-1)45-49-46(51-47(50-45)40-20-11-15-31-13-3-4-16-35(31)40)34-26-27-39-38-19-7-10-23-43(38)48(44(39)29-34)41-21-8-5-17-36(41)37-18-6-9-22-42(37)48/h1-29H. The van der Waals surface area contributed by atoms with Crippen molar-refractivity contribution in [3.8, 4) is 56.4 Å². The summed E-state index contributed by atoms with van der Waals surface area (Å²) in [5.41, 5.74) is 12.8. The minimum absolute atomic E-state index is 0.443. The van der Waals surface area contributed by atoms with E-state index < -0.39 is 5.41 Å². The highest BCUT2D eigenvalue weighted by molar-refractivity contribution is 5.97. The molecular formula is C48H29N3. The fourth-order valence-electron chi connectivity index (χ4n) is 8.74. The summed E-state index contributed by atoms with van der Waals surface area (Å²) in [5, 5.41) is 4.61. The Morgan fingerprint density at radius 2 is 0.765 bits per heavy atom. The molecule has 0 unspecified atom stereocenters. The zero-order valence-electron chi connectivity index (χ0n) is 27.6. The molecule has 9 aromatic rings. The highest BCUT2D eigenvalue weighted by Crippen LogP contribution is 2.63. The lowest BCUT2D eigenvalue weighted by Gasteiger charge is -2.30. The molecule has 0 aliphatic heterocycles. The van der Waals surface area contributed by atoms with Crippen molar-refractivity contribution in [2.75, 3.05) is 0 Å². The van der Waals surface area contributed by atoms with Crippen LogP contribution in [0.15, 0.2) is 176 Å². The maximum absolute atomic E-state index is 5.27. The van der Waals surface area contributed by atoms with Gasteiger partial charge in [-0.2, -0.15) is 0 Å². The Balaban J connectivity index is 1.18. The van der Waals surface area contributed by atoms with Gasteiger partial charge >= 0.3 is 0 Å². The SMILES string of the molecule is c1ccc2c(c1)-c1ccccc1C21c2ccccc2-c2ccc(-c3nc(-c4ccc5ccccc5c4)nc(-c4cccc5ccccc45)n3)cc21. The number of rotatable bonds is 3. The van der Waals surface area contributed by atoms with Crippen LogP contribution in [0.2, 0.25) is 0 Å². The first-order chi connectivity index (χ1) is 25.3. The van der Waals surface area contributed by atoms with Gasteiger partial charge in [0.2, 0.25) is 0 Å². The predicted molar refractivity (Wildman–Crippen MR) is 207 cm³/mol. The molecule has 0 fully saturated rings. The normalized spacial score (nSPS) is 13.3. The molecule has 3 nitrogen and oxygen atoms in total. The molecule has 8 aromatic carbocycles. The molecule has 1 spiro atoms. The summed E-state index contributed by atoms with van der Waals surface area (Å²) in [7, 11) is 0. The molecular weight excluding hydrogens is 619 g/mol. The van der Waals surface area contributed by atoms with E-state index in [4.69, 9.17) is 15.0 Å². The van der Waals surface area contributed by atoms with Gasteiger partial charge in [-0.25, -0.2) is 15.0 Å². The summed E-state index contributed by atoms with van der Waals surface area (Å²) in [6.07, 6.45) is 0. The second-order valence-electron chi connectivity index (χ2n) is 13.5. The molecule has 236 valence electrons. The van der Waals surface area contributed by atoms with E-state index in [9.17, 15) is 0 Å². The minimum atomic E-state index is -0.443. The fourth-order valence-corrected chi connectivity index (χ4v) is 8.74. The van der Waals surface area contributed by atoms with Crippen LogP contribution in [0, 0.1) is 0 Å². The maximum atomic E-state index is 5.27. The number of hydrogen-bond acceptors (Lipinski definition) is 3. The fraction of sp³-hybridized carbons (Fsp3) is 0.0208. The first kappa shape index (κ1) is 28.2. The largest absolute Gasteiger partial charge is 0.208 e. The Kier molecular flexibility index (Phi) is 5.88. The van der Waals surface area contributed by atoms with Gasteiger partial charge in [0.25, 0.3) is 0 Å². The van der Waals surface area contributed by atoms with Crippen LogP contribution in [0.25, 0.3) is 78.0 Å². The summed E-state index contributed by atoms with van der Waals surface area (Å²) in [6, 6.07) is 63.2. The van der Waals surface area contributed by atoms with E-state index in [0.717, 1.165) is 32.8 Å². The molecule has 2 aliphatic carbocycles. The van der Waals surface area contributed by atoms with Crippen molar-refractivity contribution in [3.05, 3.63) is 198 Å². The van der Waals surface area contributed by atoms with E-state index in [2.05, 4.69) is 176 Å². The number of benzene rings is 8. The van der Waals surface area contributed by atoms with Crippen molar-refractivity contribution >= 4 is 21.5 Å². The lowest BCUT2D eigenvalue weighted by atomic mass is 9.70. The summed E-state index contributed by atoms with van der Waals surface area (Å²) in [5.74, 6) is 1.98. The van der Waals surface area contributed by atoms with Crippen molar-refractivity contribution in [2.45, 2.75) is 5.41 Å². The van der Waals surface area contributed by atoms with Crippen molar-refractivity contribution in [1.82, 2.24) is 15.0 Å². The quantitative estimate of drug-likeness (QED) is 0.192. The molecule has 0 saturated heterocycles. The smallest absolute Gasteiger partial charge is 0.164 e. The van der Waals surface area contributed by atoms with E-state index in [-0.39, 0.29) is 0 Å². The number of fused-ring (bicyclic) bond motifs is 12. The molecule has 51 heavy (non-hydrogen) atoms.